The Morgan fingerprint density at radius 2 is 2.11 bits per heavy atom. The number of hydrogen-bond acceptors (Lipinski definition) is 4. The molecule has 18 heavy (non-hydrogen) atoms. The van der Waals surface area contributed by atoms with Gasteiger partial charge < -0.3 is 11.1 Å². The number of halogens is 4. The van der Waals surface area contributed by atoms with E-state index < -0.39 is 11.9 Å². The molecule has 1 heterocycles. The molecule has 0 spiro atoms. The van der Waals surface area contributed by atoms with Crippen molar-refractivity contribution in [1.29, 1.82) is 0 Å². The van der Waals surface area contributed by atoms with Crippen molar-refractivity contribution in [2.75, 3.05) is 5.32 Å². The molecule has 2 rings (SSSR count). The van der Waals surface area contributed by atoms with Gasteiger partial charge in [-0.15, -0.1) is 0 Å². The number of hydrogen-bond donors (Lipinski definition) is 2. The van der Waals surface area contributed by atoms with Gasteiger partial charge in [-0.25, -0.2) is 9.97 Å². The Kier molecular flexibility index (Phi) is 3.63. The van der Waals surface area contributed by atoms with E-state index in [4.69, 9.17) is 17.3 Å². The van der Waals surface area contributed by atoms with Crippen LogP contribution in [0.15, 0.2) is 6.20 Å². The van der Waals surface area contributed by atoms with Crippen LogP contribution in [-0.2, 0) is 6.18 Å². The molecular formula is C10H12ClF3N4. The normalized spacial score (nSPS) is 24.3. The van der Waals surface area contributed by atoms with Gasteiger partial charge in [-0.3, -0.25) is 0 Å². The molecule has 8 heteroatoms. The molecule has 0 saturated heterocycles. The maximum Gasteiger partial charge on any atom is 0.434 e. The van der Waals surface area contributed by atoms with Gasteiger partial charge in [0.1, 0.15) is 0 Å². The molecule has 0 radical (unpaired) electrons. The summed E-state index contributed by atoms with van der Waals surface area (Å²) in [5.74, 6) is 0.145. The highest BCUT2D eigenvalue weighted by molar-refractivity contribution is 6.31. The van der Waals surface area contributed by atoms with Crippen molar-refractivity contribution in [2.45, 2.75) is 37.5 Å². The lowest BCUT2D eigenvalue weighted by molar-refractivity contribution is -0.141. The van der Waals surface area contributed by atoms with E-state index in [1.54, 1.807) is 0 Å². The average Bonchev–Trinajstić information content (AvgIpc) is 2.66. The van der Waals surface area contributed by atoms with Gasteiger partial charge in [0.25, 0.3) is 0 Å². The zero-order valence-electron chi connectivity index (χ0n) is 9.34. The van der Waals surface area contributed by atoms with Gasteiger partial charge in [-0.1, -0.05) is 11.6 Å². The zero-order valence-corrected chi connectivity index (χ0v) is 10.1. The number of nitrogens with one attached hydrogen (secondary N) is 1. The number of nitrogens with two attached hydrogens (primary N) is 1. The van der Waals surface area contributed by atoms with Crippen LogP contribution in [0.25, 0.3) is 0 Å². The SMILES string of the molecule is NC1CCCC1Nc1ncc(C(F)(F)F)nc1Cl. The maximum atomic E-state index is 12.4. The van der Waals surface area contributed by atoms with Gasteiger partial charge in [-0.05, 0) is 19.3 Å². The van der Waals surface area contributed by atoms with Crippen LogP contribution in [0, 0.1) is 0 Å². The first-order valence-corrected chi connectivity index (χ1v) is 5.87. The number of nitrogens with zero attached hydrogens (tertiary/aromatic N) is 2. The maximum absolute atomic E-state index is 12.4. The van der Waals surface area contributed by atoms with Crippen molar-refractivity contribution >= 4 is 17.4 Å². The lowest BCUT2D eigenvalue weighted by Crippen LogP contribution is -2.35. The van der Waals surface area contributed by atoms with E-state index in [0.717, 1.165) is 19.3 Å². The van der Waals surface area contributed by atoms with Crippen LogP contribution in [0.2, 0.25) is 5.15 Å². The van der Waals surface area contributed by atoms with Crippen LogP contribution in [0.3, 0.4) is 0 Å². The fourth-order valence-corrected chi connectivity index (χ4v) is 2.14. The summed E-state index contributed by atoms with van der Waals surface area (Å²) in [7, 11) is 0. The molecule has 1 aliphatic carbocycles. The Bertz CT molecular complexity index is 438. The summed E-state index contributed by atoms with van der Waals surface area (Å²) in [5.41, 5.74) is 4.74. The smallest absolute Gasteiger partial charge is 0.363 e. The lowest BCUT2D eigenvalue weighted by Gasteiger charge is -2.18. The van der Waals surface area contributed by atoms with E-state index in [0.29, 0.717) is 6.20 Å². The molecule has 0 aliphatic heterocycles. The minimum atomic E-state index is -4.54. The van der Waals surface area contributed by atoms with Crippen LogP contribution in [0.4, 0.5) is 19.0 Å². The summed E-state index contributed by atoms with van der Waals surface area (Å²) in [4.78, 5) is 6.95. The van der Waals surface area contributed by atoms with Gasteiger partial charge in [-0.2, -0.15) is 13.2 Å². The van der Waals surface area contributed by atoms with Crippen LogP contribution in [0.5, 0.6) is 0 Å². The van der Waals surface area contributed by atoms with Crippen molar-refractivity contribution in [3.8, 4) is 0 Å². The van der Waals surface area contributed by atoms with Gasteiger partial charge in [0, 0.05) is 12.1 Å². The van der Waals surface area contributed by atoms with Crippen LogP contribution >= 0.6 is 11.6 Å². The second kappa shape index (κ2) is 4.89. The fraction of sp³-hybridized carbons (Fsp3) is 0.600. The van der Waals surface area contributed by atoms with E-state index in [9.17, 15) is 13.2 Å². The van der Waals surface area contributed by atoms with Crippen LogP contribution in [-0.4, -0.2) is 22.1 Å². The molecule has 1 aromatic rings. The third-order valence-corrected chi connectivity index (χ3v) is 3.18. The highest BCUT2D eigenvalue weighted by Crippen LogP contribution is 2.30. The molecule has 1 saturated carbocycles. The summed E-state index contributed by atoms with van der Waals surface area (Å²) < 4.78 is 37.1. The van der Waals surface area contributed by atoms with Crippen molar-refractivity contribution in [1.82, 2.24) is 9.97 Å². The second-order valence-corrected chi connectivity index (χ2v) is 4.60. The first kappa shape index (κ1) is 13.4. The Balaban J connectivity index is 2.15. The van der Waals surface area contributed by atoms with E-state index in [2.05, 4.69) is 15.3 Å². The molecule has 1 aliphatic rings. The Labute approximate surface area is 107 Å². The fourth-order valence-electron chi connectivity index (χ4n) is 1.94. The molecular weight excluding hydrogens is 269 g/mol. The summed E-state index contributed by atoms with van der Waals surface area (Å²) in [6, 6.07) is -0.0568. The highest BCUT2D eigenvalue weighted by Gasteiger charge is 2.34. The second-order valence-electron chi connectivity index (χ2n) is 4.24. The molecule has 100 valence electrons. The molecule has 0 bridgehead atoms. The molecule has 0 aromatic carbocycles. The molecule has 4 nitrogen and oxygen atoms in total. The topological polar surface area (TPSA) is 63.8 Å². The lowest BCUT2D eigenvalue weighted by atomic mass is 10.2. The summed E-state index contributed by atoms with van der Waals surface area (Å²) in [6.45, 7) is 0. The van der Waals surface area contributed by atoms with Crippen molar-refractivity contribution in [3.05, 3.63) is 17.0 Å². The van der Waals surface area contributed by atoms with Gasteiger partial charge >= 0.3 is 6.18 Å². The Morgan fingerprint density at radius 3 is 2.61 bits per heavy atom. The van der Waals surface area contributed by atoms with E-state index in [1.165, 1.54) is 0 Å². The Morgan fingerprint density at radius 1 is 1.39 bits per heavy atom. The third kappa shape index (κ3) is 2.84. The minimum absolute atomic E-state index is 0.0199. The molecule has 1 fully saturated rings. The first-order chi connectivity index (χ1) is 8.38. The highest BCUT2D eigenvalue weighted by atomic mass is 35.5. The largest absolute Gasteiger partial charge is 0.434 e. The molecule has 1 aromatic heterocycles. The quantitative estimate of drug-likeness (QED) is 0.873. The van der Waals surface area contributed by atoms with Crippen LogP contribution in [0.1, 0.15) is 25.0 Å². The van der Waals surface area contributed by atoms with E-state index in [-0.39, 0.29) is 23.1 Å². The Hall–Kier alpha value is -1.08. The number of alkyl halides is 3. The number of aromatic nitrogens is 2. The zero-order chi connectivity index (χ0) is 13.3. The summed E-state index contributed by atoms with van der Waals surface area (Å²) >= 11 is 5.68. The van der Waals surface area contributed by atoms with E-state index >= 15 is 0 Å². The summed E-state index contributed by atoms with van der Waals surface area (Å²) in [6.07, 6.45) is -1.18. The van der Waals surface area contributed by atoms with E-state index in [1.807, 2.05) is 0 Å². The third-order valence-electron chi connectivity index (χ3n) is 2.91. The van der Waals surface area contributed by atoms with Gasteiger partial charge in [0.15, 0.2) is 16.7 Å². The van der Waals surface area contributed by atoms with Crippen molar-refractivity contribution in [3.63, 3.8) is 0 Å². The van der Waals surface area contributed by atoms with Crippen molar-refractivity contribution in [2.24, 2.45) is 5.73 Å². The predicted octanol–water partition coefficient (Wildman–Crippen LogP) is 2.44. The monoisotopic (exact) mass is 280 g/mol. The predicted molar refractivity (Wildman–Crippen MR) is 61.3 cm³/mol. The average molecular weight is 281 g/mol. The molecule has 2 atom stereocenters. The van der Waals surface area contributed by atoms with Gasteiger partial charge in [0.2, 0.25) is 0 Å². The molecule has 3 N–H and O–H groups in total. The van der Waals surface area contributed by atoms with Crippen molar-refractivity contribution < 1.29 is 13.2 Å². The first-order valence-electron chi connectivity index (χ1n) is 5.50. The number of rotatable bonds is 2. The van der Waals surface area contributed by atoms with Crippen LogP contribution < -0.4 is 11.1 Å². The standard InChI is InChI=1S/C10H12ClF3N4/c11-8-9(17-6-3-1-2-5(6)15)16-4-7(18-8)10(12,13)14/h4-6H,1-3,15H2,(H,16,17). The summed E-state index contributed by atoms with van der Waals surface area (Å²) in [5, 5.41) is 2.65. The molecule has 2 unspecified atom stereocenters. The molecule has 0 amide bonds. The van der Waals surface area contributed by atoms with Gasteiger partial charge in [0.05, 0.1) is 6.20 Å². The number of anilines is 1. The minimum Gasteiger partial charge on any atom is -0.363 e.